The Morgan fingerprint density at radius 2 is 2.09 bits per heavy atom. The lowest BCUT2D eigenvalue weighted by Crippen LogP contribution is -2.23. The fourth-order valence-corrected chi connectivity index (χ4v) is 4.66. The normalized spacial score (nSPS) is 18.7. The second kappa shape index (κ2) is 10.9. The summed E-state index contributed by atoms with van der Waals surface area (Å²) in [7, 11) is 2.06. The van der Waals surface area contributed by atoms with E-state index < -0.39 is 0 Å². The Morgan fingerprint density at radius 1 is 1.26 bits per heavy atom. The summed E-state index contributed by atoms with van der Waals surface area (Å²) in [6.45, 7) is 9.48. The van der Waals surface area contributed by atoms with E-state index in [9.17, 15) is 4.79 Å². The molecule has 35 heavy (non-hydrogen) atoms. The Balaban J connectivity index is 1.40. The van der Waals surface area contributed by atoms with Crippen LogP contribution in [0.15, 0.2) is 59.0 Å². The van der Waals surface area contributed by atoms with Crippen LogP contribution in [0.3, 0.4) is 0 Å². The minimum atomic E-state index is -0.0434. The molecule has 0 spiro atoms. The molecular formula is C29H37N5O. The minimum absolute atomic E-state index is 0.0434. The van der Waals surface area contributed by atoms with E-state index in [0.717, 1.165) is 59.8 Å². The molecule has 1 aliphatic carbocycles. The number of fused-ring (bicyclic) bond motifs is 1. The molecule has 1 unspecified atom stereocenters. The number of nitrogens with zero attached hydrogens (tertiary/aromatic N) is 3. The van der Waals surface area contributed by atoms with Crippen molar-refractivity contribution >= 4 is 17.8 Å². The number of aromatic nitrogens is 1. The molecule has 0 radical (unpaired) electrons. The molecule has 1 aromatic carbocycles. The Hall–Kier alpha value is -3.41. The molecule has 6 nitrogen and oxygen atoms in total. The van der Waals surface area contributed by atoms with E-state index in [0.29, 0.717) is 0 Å². The maximum absolute atomic E-state index is 12.7. The number of aryl methyl sites for hydroxylation is 3. The van der Waals surface area contributed by atoms with Crippen LogP contribution in [0.1, 0.15) is 61.3 Å². The van der Waals surface area contributed by atoms with Crippen LogP contribution in [0.25, 0.3) is 0 Å². The maximum atomic E-state index is 12.7. The minimum Gasteiger partial charge on any atom is -0.379 e. The molecule has 2 aliphatic rings. The Labute approximate surface area is 209 Å². The molecule has 2 N–H and O–H groups in total. The van der Waals surface area contributed by atoms with Crippen LogP contribution in [-0.2, 0) is 24.1 Å². The molecule has 1 aromatic heterocycles. The van der Waals surface area contributed by atoms with Gasteiger partial charge in [-0.05, 0) is 74.9 Å². The molecule has 0 fully saturated rings. The van der Waals surface area contributed by atoms with E-state index in [1.165, 1.54) is 11.1 Å². The summed E-state index contributed by atoms with van der Waals surface area (Å²) in [5.74, 6) is 0.196. The van der Waals surface area contributed by atoms with Crippen molar-refractivity contribution < 1.29 is 4.79 Å². The van der Waals surface area contributed by atoms with Gasteiger partial charge >= 0.3 is 0 Å². The zero-order valence-corrected chi connectivity index (χ0v) is 21.6. The number of carbonyl (C=O) groups excluding carboxylic acids is 1. The summed E-state index contributed by atoms with van der Waals surface area (Å²) in [4.78, 5) is 24.2. The van der Waals surface area contributed by atoms with Gasteiger partial charge in [-0.2, -0.15) is 0 Å². The molecule has 184 valence electrons. The number of hydrogen-bond donors (Lipinski definition) is 2. The van der Waals surface area contributed by atoms with Crippen LogP contribution in [-0.4, -0.2) is 35.6 Å². The summed E-state index contributed by atoms with van der Waals surface area (Å²) < 4.78 is 0. The Bertz CT molecular complexity index is 1180. The molecule has 1 aliphatic heterocycles. The fourth-order valence-electron chi connectivity index (χ4n) is 4.66. The molecule has 2 heterocycles. The van der Waals surface area contributed by atoms with Gasteiger partial charge in [0.15, 0.2) is 0 Å². The van der Waals surface area contributed by atoms with Gasteiger partial charge in [-0.25, -0.2) is 0 Å². The highest BCUT2D eigenvalue weighted by Gasteiger charge is 2.17. The summed E-state index contributed by atoms with van der Waals surface area (Å²) in [6, 6.07) is 10.3. The number of amides is 1. The first-order valence-electron chi connectivity index (χ1n) is 12.6. The first kappa shape index (κ1) is 24.7. The van der Waals surface area contributed by atoms with E-state index in [1.807, 2.05) is 18.3 Å². The van der Waals surface area contributed by atoms with Crippen LogP contribution in [0.5, 0.6) is 0 Å². The van der Waals surface area contributed by atoms with Gasteiger partial charge in [-0.3, -0.25) is 14.8 Å². The quantitative estimate of drug-likeness (QED) is 0.561. The molecule has 2 aromatic rings. The van der Waals surface area contributed by atoms with Crippen LogP contribution < -0.4 is 10.6 Å². The summed E-state index contributed by atoms with van der Waals surface area (Å²) >= 11 is 0. The molecule has 4 rings (SSSR count). The van der Waals surface area contributed by atoms with Gasteiger partial charge in [-0.15, -0.1) is 0 Å². The van der Waals surface area contributed by atoms with Crippen molar-refractivity contribution in [1.82, 2.24) is 15.2 Å². The van der Waals surface area contributed by atoms with Gasteiger partial charge < -0.3 is 15.5 Å². The lowest BCUT2D eigenvalue weighted by Gasteiger charge is -2.23. The van der Waals surface area contributed by atoms with Crippen LogP contribution >= 0.6 is 0 Å². The first-order valence-corrected chi connectivity index (χ1v) is 12.6. The number of benzene rings is 1. The van der Waals surface area contributed by atoms with Gasteiger partial charge in [-0.1, -0.05) is 25.1 Å². The predicted octanol–water partition coefficient (Wildman–Crippen LogP) is 5.11. The number of hydrogen-bond acceptors (Lipinski definition) is 5. The van der Waals surface area contributed by atoms with E-state index in [4.69, 9.17) is 4.98 Å². The van der Waals surface area contributed by atoms with Crippen LogP contribution in [0, 0.1) is 12.8 Å². The average Bonchev–Trinajstić information content (AvgIpc) is 3.29. The average molecular weight is 472 g/mol. The first-order chi connectivity index (χ1) is 16.8. The van der Waals surface area contributed by atoms with Crippen LogP contribution in [0.4, 0.5) is 5.69 Å². The van der Waals surface area contributed by atoms with Crippen molar-refractivity contribution in [3.8, 4) is 0 Å². The SMILES string of the molecule is CCN(C)/C=C1/N=CC(N[C@@H](C)c2cc(NC(=O)Cc3ccc4c(n3)CCC4)ccc2C)=CC1C. The lowest BCUT2D eigenvalue weighted by atomic mass is 10.00. The summed E-state index contributed by atoms with van der Waals surface area (Å²) in [6.07, 6.45) is 9.78. The summed E-state index contributed by atoms with van der Waals surface area (Å²) in [5.41, 5.74) is 8.51. The number of nitrogens with one attached hydrogen (secondary N) is 2. The van der Waals surface area contributed by atoms with E-state index in [1.54, 1.807) is 0 Å². The highest BCUT2D eigenvalue weighted by atomic mass is 16.1. The van der Waals surface area contributed by atoms with E-state index in [-0.39, 0.29) is 24.3 Å². The predicted molar refractivity (Wildman–Crippen MR) is 143 cm³/mol. The number of allylic oxidation sites excluding steroid dienone is 2. The largest absolute Gasteiger partial charge is 0.379 e. The van der Waals surface area contributed by atoms with E-state index >= 15 is 0 Å². The smallest absolute Gasteiger partial charge is 0.230 e. The van der Waals surface area contributed by atoms with Gasteiger partial charge in [0.2, 0.25) is 5.91 Å². The second-order valence-corrected chi connectivity index (χ2v) is 9.72. The second-order valence-electron chi connectivity index (χ2n) is 9.72. The fraction of sp³-hybridized carbons (Fsp3) is 0.414. The highest BCUT2D eigenvalue weighted by Crippen LogP contribution is 2.25. The summed E-state index contributed by atoms with van der Waals surface area (Å²) in [5, 5.41) is 6.65. The van der Waals surface area contributed by atoms with Crippen molar-refractivity contribution in [3.05, 3.63) is 82.1 Å². The lowest BCUT2D eigenvalue weighted by molar-refractivity contribution is -0.115. The molecule has 0 bridgehead atoms. The molecule has 2 atom stereocenters. The van der Waals surface area contributed by atoms with Crippen molar-refractivity contribution in [2.45, 2.75) is 59.4 Å². The third-order valence-corrected chi connectivity index (χ3v) is 6.84. The molecule has 0 saturated heterocycles. The third-order valence-electron chi connectivity index (χ3n) is 6.84. The number of rotatable bonds is 8. The number of dihydropyridines is 1. The van der Waals surface area contributed by atoms with Crippen molar-refractivity contribution in [2.75, 3.05) is 18.9 Å². The molecule has 6 heteroatoms. The zero-order valence-electron chi connectivity index (χ0n) is 21.6. The van der Waals surface area contributed by atoms with Gasteiger partial charge in [0.05, 0.1) is 24.0 Å². The van der Waals surface area contributed by atoms with Crippen molar-refractivity contribution in [1.29, 1.82) is 0 Å². The van der Waals surface area contributed by atoms with Crippen molar-refractivity contribution in [3.63, 3.8) is 0 Å². The standard InChI is InChI=1S/C29H37N5O/c1-6-34(5)18-28-20(3)14-25(17-30-28)31-21(4)26-15-23(12-10-19(26)2)33-29(35)16-24-13-11-22-8-7-9-27(22)32-24/h10-15,17-18,20-21,31H,6-9,16H2,1-5H3,(H,33,35)/b28-18+/t20?,21-/m0/s1. The Morgan fingerprint density at radius 3 is 2.86 bits per heavy atom. The zero-order chi connectivity index (χ0) is 24.9. The van der Waals surface area contributed by atoms with Crippen LogP contribution in [0.2, 0.25) is 0 Å². The Kier molecular flexibility index (Phi) is 7.69. The number of carbonyl (C=O) groups is 1. The molecular weight excluding hydrogens is 434 g/mol. The van der Waals surface area contributed by atoms with Gasteiger partial charge in [0.1, 0.15) is 0 Å². The maximum Gasteiger partial charge on any atom is 0.230 e. The number of pyridine rings is 1. The third kappa shape index (κ3) is 6.18. The monoisotopic (exact) mass is 471 g/mol. The van der Waals surface area contributed by atoms with Gasteiger partial charge in [0.25, 0.3) is 0 Å². The van der Waals surface area contributed by atoms with E-state index in [2.05, 4.69) is 85.7 Å². The highest BCUT2D eigenvalue weighted by molar-refractivity contribution is 5.92. The number of anilines is 1. The van der Waals surface area contributed by atoms with Crippen molar-refractivity contribution in [2.24, 2.45) is 10.9 Å². The number of aliphatic imine (C=N–C) groups is 1. The topological polar surface area (TPSA) is 69.6 Å². The molecule has 1 amide bonds. The molecule has 0 saturated carbocycles. The van der Waals surface area contributed by atoms with Gasteiger partial charge in [0, 0.05) is 48.8 Å².